The highest BCUT2D eigenvalue weighted by Crippen LogP contribution is 1.75. The van der Waals surface area contributed by atoms with Gasteiger partial charge in [0, 0.05) is 26.4 Å². The van der Waals surface area contributed by atoms with Gasteiger partial charge in [-0.15, -0.1) is 0 Å². The van der Waals surface area contributed by atoms with Crippen LogP contribution < -0.4 is 0 Å². The lowest BCUT2D eigenvalue weighted by molar-refractivity contribution is 0.0584. The largest absolute Gasteiger partial charge is 0.394 e. The molecule has 0 radical (unpaired) electrons. The Bertz CT molecular complexity index is 81.0. The molecule has 0 atom stereocenters. The predicted molar refractivity (Wildman–Crippen MR) is 69.3 cm³/mol. The first kappa shape index (κ1) is 22.0. The van der Waals surface area contributed by atoms with Gasteiger partial charge in [-0.1, -0.05) is 0 Å². The van der Waals surface area contributed by atoms with Crippen LogP contribution >= 0.6 is 0 Å². The molecule has 0 aliphatic carbocycles. The van der Waals surface area contributed by atoms with Gasteiger partial charge in [-0.2, -0.15) is 0 Å². The van der Waals surface area contributed by atoms with Crippen molar-refractivity contribution < 1.29 is 24.4 Å². The Hall–Kier alpha value is -0.200. The van der Waals surface area contributed by atoms with E-state index in [2.05, 4.69) is 0 Å². The van der Waals surface area contributed by atoms with Crippen LogP contribution in [0.25, 0.3) is 0 Å². The molecule has 5 heteroatoms. The lowest BCUT2D eigenvalue weighted by Gasteiger charge is -1.99. The quantitative estimate of drug-likeness (QED) is 0.634. The minimum atomic E-state index is -0.125. The number of rotatable bonds is 8. The fraction of sp³-hybridized carbons (Fsp3) is 1.00. The van der Waals surface area contributed by atoms with Crippen molar-refractivity contribution >= 4 is 0 Å². The molecule has 0 aromatic rings. The molecule has 0 saturated carbocycles. The number of aliphatic hydroxyl groups excluding tert-OH is 2. The van der Waals surface area contributed by atoms with Gasteiger partial charge < -0.3 is 24.4 Å². The lowest BCUT2D eigenvalue weighted by Crippen LogP contribution is -2.02. The fourth-order valence-electron chi connectivity index (χ4n) is 0.611. The van der Waals surface area contributed by atoms with Gasteiger partial charge in [0.05, 0.1) is 26.4 Å². The van der Waals surface area contributed by atoms with Crippen molar-refractivity contribution in [2.75, 3.05) is 52.9 Å². The number of ether oxygens (including phenoxy) is 3. The van der Waals surface area contributed by atoms with Crippen LogP contribution in [0.3, 0.4) is 0 Å². The van der Waals surface area contributed by atoms with Crippen molar-refractivity contribution in [2.24, 2.45) is 0 Å². The second-order valence-electron chi connectivity index (χ2n) is 2.62. The number of hydrogen-bond donors (Lipinski definition) is 2. The first-order valence-electron chi connectivity index (χ1n) is 6.19. The smallest absolute Gasteiger partial charge is 0.0700 e. The van der Waals surface area contributed by atoms with Gasteiger partial charge in [-0.25, -0.2) is 0 Å². The molecule has 0 fully saturated rings. The summed E-state index contributed by atoms with van der Waals surface area (Å²) in [6.45, 7) is 12.4. The maximum atomic E-state index is 7.62. The van der Waals surface area contributed by atoms with E-state index in [0.717, 1.165) is 39.6 Å². The van der Waals surface area contributed by atoms with E-state index in [0.29, 0.717) is 0 Å². The van der Waals surface area contributed by atoms with Crippen LogP contribution in [-0.4, -0.2) is 63.1 Å². The van der Waals surface area contributed by atoms with E-state index in [-0.39, 0.29) is 13.2 Å². The molecular weight excluding hydrogens is 224 g/mol. The second kappa shape index (κ2) is 29.7. The minimum Gasteiger partial charge on any atom is -0.394 e. The van der Waals surface area contributed by atoms with Crippen LogP contribution in [0.4, 0.5) is 0 Å². The normalized spacial score (nSPS) is 8.82. The zero-order chi connectivity index (χ0) is 13.8. The van der Waals surface area contributed by atoms with Crippen LogP contribution in [0.15, 0.2) is 0 Å². The van der Waals surface area contributed by atoms with Crippen molar-refractivity contribution in [1.29, 1.82) is 0 Å². The lowest BCUT2D eigenvalue weighted by atomic mass is 10.7. The number of aliphatic hydroxyl groups is 2. The third-order valence-electron chi connectivity index (χ3n) is 1.29. The molecule has 2 N–H and O–H groups in total. The van der Waals surface area contributed by atoms with Gasteiger partial charge >= 0.3 is 0 Å². The Kier molecular flexibility index (Phi) is 38.4. The molecule has 0 rings (SSSR count). The summed E-state index contributed by atoms with van der Waals surface area (Å²) in [5.41, 5.74) is 0. The Morgan fingerprint density at radius 3 is 1.00 bits per heavy atom. The Labute approximate surface area is 106 Å². The predicted octanol–water partition coefficient (Wildman–Crippen LogP) is 1.07. The summed E-state index contributed by atoms with van der Waals surface area (Å²) in [5, 5.41) is 15.2. The Morgan fingerprint density at radius 1 is 0.588 bits per heavy atom. The molecular formula is C12H30O5. The summed E-state index contributed by atoms with van der Waals surface area (Å²) in [7, 11) is 0. The molecule has 108 valence electrons. The second-order valence-corrected chi connectivity index (χ2v) is 2.62. The average molecular weight is 254 g/mol. The average Bonchev–Trinajstić information content (AvgIpc) is 2.37. The topological polar surface area (TPSA) is 68.2 Å². The highest BCUT2D eigenvalue weighted by atomic mass is 16.5. The molecule has 17 heavy (non-hydrogen) atoms. The van der Waals surface area contributed by atoms with E-state index in [9.17, 15) is 0 Å². The SMILES string of the molecule is CCOCC.CCOCCOCC.OCCO. The highest BCUT2D eigenvalue weighted by molar-refractivity contribution is 4.24. The molecule has 5 nitrogen and oxygen atoms in total. The van der Waals surface area contributed by atoms with Crippen LogP contribution in [0.2, 0.25) is 0 Å². The van der Waals surface area contributed by atoms with Gasteiger partial charge in [-0.3, -0.25) is 0 Å². The standard InChI is InChI=1S/C6H14O2.C4H10O.C2H6O2/c1-3-7-5-6-8-4-2;1-3-5-4-2;3-1-2-4/h3-6H2,1-2H3;3-4H2,1-2H3;3-4H,1-2H2. The van der Waals surface area contributed by atoms with Crippen LogP contribution in [0.1, 0.15) is 27.7 Å². The van der Waals surface area contributed by atoms with Crippen molar-refractivity contribution in [3.8, 4) is 0 Å². The van der Waals surface area contributed by atoms with E-state index in [1.807, 2.05) is 27.7 Å². The van der Waals surface area contributed by atoms with Crippen molar-refractivity contribution in [1.82, 2.24) is 0 Å². The third-order valence-corrected chi connectivity index (χ3v) is 1.29. The summed E-state index contributed by atoms with van der Waals surface area (Å²) in [4.78, 5) is 0. The molecule has 0 saturated heterocycles. The van der Waals surface area contributed by atoms with E-state index in [1.54, 1.807) is 0 Å². The fourth-order valence-corrected chi connectivity index (χ4v) is 0.611. The van der Waals surface area contributed by atoms with Gasteiger partial charge in [0.15, 0.2) is 0 Å². The van der Waals surface area contributed by atoms with Gasteiger partial charge in [0.1, 0.15) is 0 Å². The molecule has 0 aromatic carbocycles. The molecule has 0 unspecified atom stereocenters. The molecule has 0 bridgehead atoms. The van der Waals surface area contributed by atoms with Crippen molar-refractivity contribution in [2.45, 2.75) is 27.7 Å². The summed E-state index contributed by atoms with van der Waals surface area (Å²) in [6, 6.07) is 0. The van der Waals surface area contributed by atoms with Crippen molar-refractivity contribution in [3.63, 3.8) is 0 Å². The first-order valence-corrected chi connectivity index (χ1v) is 6.19. The zero-order valence-corrected chi connectivity index (χ0v) is 11.8. The summed E-state index contributed by atoms with van der Waals surface area (Å²) >= 11 is 0. The van der Waals surface area contributed by atoms with Gasteiger partial charge in [0.2, 0.25) is 0 Å². The van der Waals surface area contributed by atoms with Gasteiger partial charge in [-0.05, 0) is 27.7 Å². The summed E-state index contributed by atoms with van der Waals surface area (Å²) in [6.07, 6.45) is 0. The summed E-state index contributed by atoms with van der Waals surface area (Å²) < 4.78 is 14.9. The van der Waals surface area contributed by atoms with Crippen molar-refractivity contribution in [3.05, 3.63) is 0 Å². The maximum Gasteiger partial charge on any atom is 0.0700 e. The van der Waals surface area contributed by atoms with Crippen LogP contribution in [-0.2, 0) is 14.2 Å². The molecule has 0 aromatic heterocycles. The van der Waals surface area contributed by atoms with Crippen LogP contribution in [0.5, 0.6) is 0 Å². The molecule has 0 aliphatic rings. The molecule has 0 spiro atoms. The first-order chi connectivity index (χ1) is 8.24. The van der Waals surface area contributed by atoms with E-state index in [4.69, 9.17) is 24.4 Å². The van der Waals surface area contributed by atoms with E-state index in [1.165, 1.54) is 0 Å². The van der Waals surface area contributed by atoms with Crippen LogP contribution in [0, 0.1) is 0 Å². The Balaban J connectivity index is -0.000000188. The molecule has 0 aliphatic heterocycles. The van der Waals surface area contributed by atoms with E-state index < -0.39 is 0 Å². The maximum absolute atomic E-state index is 7.62. The Morgan fingerprint density at radius 2 is 0.882 bits per heavy atom. The zero-order valence-electron chi connectivity index (χ0n) is 11.8. The number of hydrogen-bond acceptors (Lipinski definition) is 5. The summed E-state index contributed by atoms with van der Waals surface area (Å²) in [5.74, 6) is 0. The monoisotopic (exact) mass is 254 g/mol. The minimum absolute atomic E-state index is 0.125. The highest BCUT2D eigenvalue weighted by Gasteiger charge is 1.81. The molecule has 0 heterocycles. The third kappa shape index (κ3) is 49.5. The van der Waals surface area contributed by atoms with E-state index >= 15 is 0 Å². The van der Waals surface area contributed by atoms with Gasteiger partial charge in [0.25, 0.3) is 0 Å². The molecule has 0 amide bonds.